The van der Waals surface area contributed by atoms with Crippen molar-refractivity contribution in [2.45, 2.75) is 6.92 Å². The summed E-state index contributed by atoms with van der Waals surface area (Å²) >= 11 is 6.50. The maximum Gasteiger partial charge on any atom is 0.266 e. The van der Waals surface area contributed by atoms with Gasteiger partial charge in [0.05, 0.1) is 4.91 Å². The van der Waals surface area contributed by atoms with Gasteiger partial charge in [-0.3, -0.25) is 9.69 Å². The lowest BCUT2D eigenvalue weighted by Gasteiger charge is -2.09. The fourth-order valence-electron chi connectivity index (χ4n) is 1.71. The van der Waals surface area contributed by atoms with Crippen molar-refractivity contribution in [3.8, 4) is 18.1 Å². The highest BCUT2D eigenvalue weighted by molar-refractivity contribution is 8.26. The molecule has 1 fully saturated rings. The molecule has 102 valence electrons. The number of benzene rings is 1. The molecule has 0 atom stereocenters. The van der Waals surface area contributed by atoms with E-state index in [1.165, 1.54) is 11.8 Å². The predicted octanol–water partition coefficient (Wildman–Crippen LogP) is 2.92. The number of terminal acetylenes is 1. The number of hydrogen-bond acceptors (Lipinski definition) is 4. The molecule has 1 amide bonds. The Bertz CT molecular complexity index is 599. The first-order valence-corrected chi connectivity index (χ1v) is 7.30. The average molecular weight is 303 g/mol. The summed E-state index contributed by atoms with van der Waals surface area (Å²) in [4.78, 5) is 14.3. The van der Waals surface area contributed by atoms with Crippen molar-refractivity contribution < 1.29 is 9.53 Å². The van der Waals surface area contributed by atoms with Crippen molar-refractivity contribution in [1.82, 2.24) is 4.90 Å². The maximum atomic E-state index is 12.1. The highest BCUT2D eigenvalue weighted by Crippen LogP contribution is 2.32. The second-order valence-electron chi connectivity index (χ2n) is 3.99. The Morgan fingerprint density at radius 3 is 2.70 bits per heavy atom. The summed E-state index contributed by atoms with van der Waals surface area (Å²) < 4.78 is 5.90. The first-order valence-electron chi connectivity index (χ1n) is 6.07. The summed E-state index contributed by atoms with van der Waals surface area (Å²) in [7, 11) is 0. The van der Waals surface area contributed by atoms with Gasteiger partial charge in [-0.25, -0.2) is 0 Å². The number of thioether (sulfide) groups is 1. The molecule has 0 saturated carbocycles. The Labute approximate surface area is 128 Å². The van der Waals surface area contributed by atoms with Crippen LogP contribution in [0.4, 0.5) is 0 Å². The maximum absolute atomic E-state index is 12.1. The van der Waals surface area contributed by atoms with Crippen molar-refractivity contribution in [3.63, 3.8) is 0 Å². The van der Waals surface area contributed by atoms with Crippen molar-refractivity contribution in [3.05, 3.63) is 34.7 Å². The van der Waals surface area contributed by atoms with Crippen molar-refractivity contribution in [2.75, 3.05) is 13.2 Å². The molecule has 1 aliphatic rings. The van der Waals surface area contributed by atoms with E-state index in [1.807, 2.05) is 37.3 Å². The zero-order valence-electron chi connectivity index (χ0n) is 11.0. The number of thiocarbonyl (C=S) groups is 1. The zero-order valence-corrected chi connectivity index (χ0v) is 12.6. The molecule has 0 N–H and O–H groups in total. The normalized spacial score (nSPS) is 16.6. The number of amides is 1. The van der Waals surface area contributed by atoms with E-state index in [9.17, 15) is 4.79 Å². The highest BCUT2D eigenvalue weighted by atomic mass is 32.2. The summed E-state index contributed by atoms with van der Waals surface area (Å²) in [6.07, 6.45) is 6.96. The lowest BCUT2D eigenvalue weighted by molar-refractivity contribution is -0.121. The van der Waals surface area contributed by atoms with Gasteiger partial charge in [-0.05, 0) is 30.7 Å². The second-order valence-corrected chi connectivity index (χ2v) is 5.66. The second kappa shape index (κ2) is 6.60. The summed E-state index contributed by atoms with van der Waals surface area (Å²) in [6.45, 7) is 2.75. The van der Waals surface area contributed by atoms with Gasteiger partial charge in [0, 0.05) is 6.54 Å². The third-order valence-corrected chi connectivity index (χ3v) is 4.07. The molecule has 5 heteroatoms. The number of likely N-dealkylation sites (N-methyl/N-ethyl adjacent to an activating group) is 1. The fourth-order valence-corrected chi connectivity index (χ4v) is 3.09. The van der Waals surface area contributed by atoms with E-state index < -0.39 is 0 Å². The first-order chi connectivity index (χ1) is 9.65. The van der Waals surface area contributed by atoms with E-state index in [4.69, 9.17) is 23.4 Å². The number of ether oxygens (including phenoxy) is 1. The molecular formula is C15H13NO2S2. The number of nitrogens with zero attached hydrogens (tertiary/aromatic N) is 1. The van der Waals surface area contributed by atoms with Crippen LogP contribution >= 0.6 is 24.0 Å². The number of hydrogen-bond donors (Lipinski definition) is 0. The molecule has 20 heavy (non-hydrogen) atoms. The molecule has 2 rings (SSSR count). The Hall–Kier alpha value is -1.77. The molecule has 0 spiro atoms. The molecule has 1 aliphatic heterocycles. The Balaban J connectivity index is 2.14. The van der Waals surface area contributed by atoms with Gasteiger partial charge in [-0.1, -0.05) is 42.0 Å². The van der Waals surface area contributed by atoms with Gasteiger partial charge < -0.3 is 4.74 Å². The van der Waals surface area contributed by atoms with Crippen LogP contribution in [0.2, 0.25) is 0 Å². The van der Waals surface area contributed by atoms with E-state index in [2.05, 4.69) is 5.92 Å². The van der Waals surface area contributed by atoms with E-state index in [-0.39, 0.29) is 12.5 Å². The molecule has 1 aromatic carbocycles. The molecular weight excluding hydrogens is 290 g/mol. The summed E-state index contributed by atoms with van der Waals surface area (Å²) in [5, 5.41) is 0. The van der Waals surface area contributed by atoms with Crippen LogP contribution in [-0.2, 0) is 4.79 Å². The molecule has 1 aromatic rings. The van der Waals surface area contributed by atoms with Crippen LogP contribution in [0.15, 0.2) is 29.2 Å². The van der Waals surface area contributed by atoms with Crippen molar-refractivity contribution in [2.24, 2.45) is 0 Å². The minimum atomic E-state index is -0.0323. The zero-order chi connectivity index (χ0) is 14.5. The van der Waals surface area contributed by atoms with Crippen LogP contribution in [0.25, 0.3) is 6.08 Å². The van der Waals surface area contributed by atoms with E-state index in [0.29, 0.717) is 21.5 Å². The molecule has 1 heterocycles. The minimum Gasteiger partial charge on any atom is -0.481 e. The predicted molar refractivity (Wildman–Crippen MR) is 86.3 cm³/mol. The lowest BCUT2D eigenvalue weighted by Crippen LogP contribution is -2.27. The quantitative estimate of drug-likeness (QED) is 0.486. The third kappa shape index (κ3) is 3.21. The molecule has 0 aliphatic carbocycles. The summed E-state index contributed by atoms with van der Waals surface area (Å²) in [6, 6.07) is 7.40. The molecule has 0 bridgehead atoms. The number of rotatable bonds is 4. The van der Waals surface area contributed by atoms with Gasteiger partial charge >= 0.3 is 0 Å². The van der Waals surface area contributed by atoms with E-state index >= 15 is 0 Å². The Morgan fingerprint density at radius 2 is 2.15 bits per heavy atom. The van der Waals surface area contributed by atoms with Crippen molar-refractivity contribution >= 4 is 40.3 Å². The average Bonchev–Trinajstić information content (AvgIpc) is 2.72. The largest absolute Gasteiger partial charge is 0.481 e. The molecule has 0 aromatic heterocycles. The van der Waals surface area contributed by atoms with Crippen LogP contribution < -0.4 is 4.74 Å². The van der Waals surface area contributed by atoms with Gasteiger partial charge in [-0.2, -0.15) is 0 Å². The van der Waals surface area contributed by atoms with Gasteiger partial charge in [0.1, 0.15) is 16.7 Å². The molecule has 3 nitrogen and oxygen atoms in total. The van der Waals surface area contributed by atoms with Gasteiger partial charge in [0.25, 0.3) is 5.91 Å². The Kier molecular flexibility index (Phi) is 4.83. The smallest absolute Gasteiger partial charge is 0.266 e. The van der Waals surface area contributed by atoms with Crippen LogP contribution in [0, 0.1) is 12.3 Å². The summed E-state index contributed by atoms with van der Waals surface area (Å²) in [5.41, 5.74) is 0.926. The fraction of sp³-hybridized carbons (Fsp3) is 0.200. The number of carbonyl (C=O) groups excluding carboxylic acids is 1. The molecule has 1 saturated heterocycles. The first kappa shape index (κ1) is 14.6. The molecule has 0 radical (unpaired) electrons. The minimum absolute atomic E-state index is 0.0323. The van der Waals surface area contributed by atoms with Gasteiger partial charge in [0.15, 0.2) is 0 Å². The van der Waals surface area contributed by atoms with Gasteiger partial charge in [0.2, 0.25) is 0 Å². The monoisotopic (exact) mass is 303 g/mol. The van der Waals surface area contributed by atoms with Crippen LogP contribution in [0.1, 0.15) is 12.5 Å². The van der Waals surface area contributed by atoms with E-state index in [0.717, 1.165) is 5.56 Å². The summed E-state index contributed by atoms with van der Waals surface area (Å²) in [5.74, 6) is 3.09. The van der Waals surface area contributed by atoms with Crippen molar-refractivity contribution in [1.29, 1.82) is 0 Å². The van der Waals surface area contributed by atoms with Crippen LogP contribution in [0.5, 0.6) is 5.75 Å². The third-order valence-electron chi connectivity index (χ3n) is 2.69. The van der Waals surface area contributed by atoms with Gasteiger partial charge in [-0.15, -0.1) is 6.42 Å². The topological polar surface area (TPSA) is 29.5 Å². The molecule has 0 unspecified atom stereocenters. The standard InChI is InChI=1S/C15H13NO2S2/c1-3-9-18-12-7-5-11(6-8-12)10-13-14(17)16(4-2)15(19)20-13/h1,5-8,10H,4,9H2,2H3/b13-10-. The van der Waals surface area contributed by atoms with Crippen LogP contribution in [-0.4, -0.2) is 28.3 Å². The van der Waals surface area contributed by atoms with Crippen LogP contribution in [0.3, 0.4) is 0 Å². The number of carbonyl (C=O) groups is 1. The van der Waals surface area contributed by atoms with E-state index in [1.54, 1.807) is 4.90 Å². The lowest BCUT2D eigenvalue weighted by atomic mass is 10.2. The Morgan fingerprint density at radius 1 is 1.45 bits per heavy atom. The SMILES string of the molecule is C#CCOc1ccc(/C=C2\SC(=S)N(CC)C2=O)cc1. The highest BCUT2D eigenvalue weighted by Gasteiger charge is 2.30.